The quantitative estimate of drug-likeness (QED) is 0.121. The highest BCUT2D eigenvalue weighted by Gasteiger charge is 2.53. The van der Waals surface area contributed by atoms with Gasteiger partial charge in [-0.1, -0.05) is 270 Å². The van der Waals surface area contributed by atoms with Gasteiger partial charge in [-0.05, 0) is 156 Å². The molecule has 398 valence electrons. The summed E-state index contributed by atoms with van der Waals surface area (Å²) in [6.07, 6.45) is 0. The Morgan fingerprint density at radius 2 is 0.583 bits per heavy atom. The topological polar surface area (TPSA) is 6.48 Å². The Labute approximate surface area is 494 Å². The summed E-state index contributed by atoms with van der Waals surface area (Å²) in [5.41, 5.74) is 17.9. The Morgan fingerprint density at radius 1 is 0.250 bits per heavy atom. The molecule has 2 aliphatic carbocycles. The van der Waals surface area contributed by atoms with Crippen molar-refractivity contribution in [2.24, 2.45) is 0 Å². The molecule has 4 aliphatic rings. The van der Waals surface area contributed by atoms with E-state index in [4.69, 9.17) is 0 Å². The lowest BCUT2D eigenvalue weighted by Crippen LogP contribution is -2.77. The van der Waals surface area contributed by atoms with E-state index in [1.165, 1.54) is 130 Å². The van der Waals surface area contributed by atoms with E-state index < -0.39 is 16.1 Å². The monoisotopic (exact) mass is 1100 g/mol. The normalized spacial score (nSPS) is 15.7. The van der Waals surface area contributed by atoms with Crippen LogP contribution in [0.25, 0.3) is 43.8 Å². The lowest BCUT2D eigenvalue weighted by Gasteiger charge is -2.45. The van der Waals surface area contributed by atoms with E-state index in [0.717, 1.165) is 11.4 Å². The molecule has 0 fully saturated rings. The summed E-state index contributed by atoms with van der Waals surface area (Å²) in [5, 5.41) is 16.1. The summed E-state index contributed by atoms with van der Waals surface area (Å²) in [4.78, 5) is 5.20. The second-order valence-corrected chi connectivity index (χ2v) is 32.2. The fourth-order valence-corrected chi connectivity index (χ4v) is 26.4. The molecule has 0 saturated carbocycles. The maximum absolute atomic E-state index is 2.93. The van der Waals surface area contributed by atoms with Gasteiger partial charge in [0.05, 0.1) is 0 Å². The van der Waals surface area contributed by atoms with E-state index in [2.05, 4.69) is 329 Å². The molecule has 0 spiro atoms. The van der Waals surface area contributed by atoms with Crippen LogP contribution in [0.15, 0.2) is 291 Å². The Hall–Kier alpha value is -9.59. The summed E-state index contributed by atoms with van der Waals surface area (Å²) < 4.78 is 0. The molecule has 0 aromatic heterocycles. The maximum Gasteiger partial charge on any atom is 0.184 e. The summed E-state index contributed by atoms with van der Waals surface area (Å²) in [6, 6.07) is 112. The third-order valence-corrected chi connectivity index (χ3v) is 29.6. The van der Waals surface area contributed by atoms with Crippen LogP contribution in [0.4, 0.5) is 34.1 Å². The van der Waals surface area contributed by atoms with Crippen molar-refractivity contribution in [1.29, 1.82) is 0 Å². The molecule has 84 heavy (non-hydrogen) atoms. The van der Waals surface area contributed by atoms with Gasteiger partial charge in [-0.3, -0.25) is 0 Å². The number of nitrogens with zero attached hydrogens (tertiary/aromatic N) is 2. The molecule has 2 nitrogen and oxygen atoms in total. The second-order valence-electron chi connectivity index (χ2n) is 24.7. The molecule has 2 heterocycles. The first-order valence-electron chi connectivity index (χ1n) is 29.7. The first kappa shape index (κ1) is 49.1. The minimum Gasteiger partial charge on any atom is -0.311 e. The Kier molecular flexibility index (Phi) is 10.5. The lowest BCUT2D eigenvalue weighted by atomic mass is 9.82. The van der Waals surface area contributed by atoms with Gasteiger partial charge in [0.2, 0.25) is 0 Å². The van der Waals surface area contributed by atoms with Crippen LogP contribution in [0.1, 0.15) is 49.9 Å². The molecular weight excluding hydrogens is 1050 g/mol. The number of hydrogen-bond donors (Lipinski definition) is 0. The maximum atomic E-state index is 2.62. The van der Waals surface area contributed by atoms with Crippen molar-refractivity contribution in [2.45, 2.75) is 38.5 Å². The molecule has 13 aromatic rings. The molecule has 0 bridgehead atoms. The first-order valence-corrected chi connectivity index (χ1v) is 33.7. The zero-order chi connectivity index (χ0) is 56.1. The van der Waals surface area contributed by atoms with Gasteiger partial charge in [-0.15, -0.1) is 0 Å². The van der Waals surface area contributed by atoms with E-state index in [9.17, 15) is 0 Å². The number of rotatable bonds is 6. The van der Waals surface area contributed by atoms with Crippen molar-refractivity contribution in [1.82, 2.24) is 0 Å². The van der Waals surface area contributed by atoms with Gasteiger partial charge in [0.25, 0.3) is 0 Å². The molecule has 0 amide bonds. The number of benzene rings is 13. The first-order chi connectivity index (χ1) is 41.2. The minimum atomic E-state index is -2.93. The Balaban J connectivity index is 0.858. The average Bonchev–Trinajstić information content (AvgIpc) is 1.10. The van der Waals surface area contributed by atoms with Crippen molar-refractivity contribution in [2.75, 3.05) is 9.80 Å². The van der Waals surface area contributed by atoms with Gasteiger partial charge in [-0.25, -0.2) is 0 Å². The van der Waals surface area contributed by atoms with Crippen LogP contribution in [0, 0.1) is 0 Å². The lowest BCUT2D eigenvalue weighted by molar-refractivity contribution is 0.660. The largest absolute Gasteiger partial charge is 0.311 e. The van der Waals surface area contributed by atoms with Crippen LogP contribution in [0.5, 0.6) is 0 Å². The molecule has 17 rings (SSSR count). The second kappa shape index (κ2) is 18.0. The summed E-state index contributed by atoms with van der Waals surface area (Å²) in [5.74, 6) is 0. The van der Waals surface area contributed by atoms with Crippen molar-refractivity contribution >= 4 is 113 Å². The van der Waals surface area contributed by atoms with Gasteiger partial charge < -0.3 is 9.80 Å². The number of anilines is 6. The van der Waals surface area contributed by atoms with Gasteiger partial charge in [0, 0.05) is 45.0 Å². The molecule has 0 saturated heterocycles. The van der Waals surface area contributed by atoms with Crippen LogP contribution in [0.2, 0.25) is 0 Å². The van der Waals surface area contributed by atoms with E-state index in [0.29, 0.717) is 0 Å². The molecule has 0 unspecified atom stereocenters. The van der Waals surface area contributed by atoms with Gasteiger partial charge in [-0.2, -0.15) is 0 Å². The zero-order valence-electron chi connectivity index (χ0n) is 47.6. The Bertz CT molecular complexity index is 4470. The molecule has 4 heteroatoms. The molecule has 0 N–H and O–H groups in total. The predicted molar refractivity (Wildman–Crippen MR) is 360 cm³/mol. The fraction of sp³-hybridized carbons (Fsp3) is 0.0750. The number of para-hydroxylation sites is 2. The minimum absolute atomic E-state index is 0.176. The summed E-state index contributed by atoms with van der Waals surface area (Å²) in [6.45, 7) is 9.65. The molecule has 0 atom stereocenters. The zero-order valence-corrected chi connectivity index (χ0v) is 49.6. The highest BCUT2D eigenvalue weighted by Crippen LogP contribution is 2.54. The summed E-state index contributed by atoms with van der Waals surface area (Å²) >= 11 is 0. The SMILES string of the molecule is CC1(C)c2ccccc2-c2cc3c(cc21)N(c1ccc2c(ccc4cc(N5c6ccccc6[Si](c6ccccc6)(c6ccccc6)c6cc7c(cc65)C(C)(C)c5ccccc5-7)ccc42)c1)c1ccccc1[Si]3(c1ccccc1)c1ccccc1. The van der Waals surface area contributed by atoms with E-state index in [-0.39, 0.29) is 10.8 Å². The smallest absolute Gasteiger partial charge is 0.184 e. The highest BCUT2D eigenvalue weighted by atomic mass is 28.3. The fourth-order valence-electron chi connectivity index (χ4n) is 16.2. The predicted octanol–water partition coefficient (Wildman–Crippen LogP) is 14.9. The van der Waals surface area contributed by atoms with E-state index in [1.54, 1.807) is 0 Å². The molecule has 13 aromatic carbocycles. The van der Waals surface area contributed by atoms with Crippen molar-refractivity contribution in [3.63, 3.8) is 0 Å². The van der Waals surface area contributed by atoms with Crippen LogP contribution in [0.3, 0.4) is 0 Å². The third-order valence-electron chi connectivity index (χ3n) is 19.9. The van der Waals surface area contributed by atoms with Gasteiger partial charge >= 0.3 is 0 Å². The molecular formula is C80H60N2Si2. The standard InChI is InChI=1S/C80H60N2Si2/c1-79(2)67-35-19-17-33-63(67)65-49-77-73(51-69(65)79)81(71-37-21-23-39-75(71)83(77,57-25-9-5-10-26-57)58-27-11-6-12-28-58)55-43-45-61-53(47-55)41-42-54-48-56(44-46-62(54)61)82-72-38-22-24-40-76(72)84(59-29-13-7-14-30-59,60-31-15-8-16-32-60)78-50-66-64-34-18-20-36-68(64)80(3,4)70(66)52-74(78)82/h5-52H,1-4H3. The van der Waals surface area contributed by atoms with Crippen molar-refractivity contribution in [3.05, 3.63) is 313 Å². The number of fused-ring (bicyclic) bond motifs is 13. The van der Waals surface area contributed by atoms with Crippen molar-refractivity contribution < 1.29 is 0 Å². The van der Waals surface area contributed by atoms with Gasteiger partial charge in [0.1, 0.15) is 0 Å². The van der Waals surface area contributed by atoms with Crippen LogP contribution in [-0.4, -0.2) is 16.1 Å². The Morgan fingerprint density at radius 3 is 0.964 bits per heavy atom. The average molecular weight is 1110 g/mol. The highest BCUT2D eigenvalue weighted by molar-refractivity contribution is 7.22. The third kappa shape index (κ3) is 6.55. The summed E-state index contributed by atoms with van der Waals surface area (Å²) in [7, 11) is -5.86. The van der Waals surface area contributed by atoms with Crippen molar-refractivity contribution in [3.8, 4) is 22.3 Å². The molecule has 0 radical (unpaired) electrons. The molecule has 2 aliphatic heterocycles. The van der Waals surface area contributed by atoms with Gasteiger partial charge in [0.15, 0.2) is 16.1 Å². The van der Waals surface area contributed by atoms with E-state index >= 15 is 0 Å². The van der Waals surface area contributed by atoms with Crippen LogP contribution < -0.4 is 51.3 Å². The van der Waals surface area contributed by atoms with Crippen LogP contribution >= 0.6 is 0 Å². The number of hydrogen-bond acceptors (Lipinski definition) is 2. The van der Waals surface area contributed by atoms with Crippen LogP contribution in [-0.2, 0) is 10.8 Å². The van der Waals surface area contributed by atoms with E-state index in [1.807, 2.05) is 0 Å².